The van der Waals surface area contributed by atoms with Crippen LogP contribution in [0.4, 0.5) is 5.95 Å². The predicted molar refractivity (Wildman–Crippen MR) is 62.9 cm³/mol. The highest BCUT2D eigenvalue weighted by atomic mass is 15.2. The Kier molecular flexibility index (Phi) is 2.49. The molecule has 1 saturated carbocycles. The summed E-state index contributed by atoms with van der Waals surface area (Å²) in [5.41, 5.74) is 0.453. The molecule has 0 amide bonds. The predicted octanol–water partition coefficient (Wildman–Crippen LogP) is 2.75. The summed E-state index contributed by atoms with van der Waals surface area (Å²) in [6.07, 6.45) is 5.18. The second-order valence-electron chi connectivity index (χ2n) is 5.69. The molecule has 2 rings (SSSR count). The van der Waals surface area contributed by atoms with Crippen LogP contribution in [-0.2, 0) is 6.54 Å². The van der Waals surface area contributed by atoms with Crippen LogP contribution >= 0.6 is 0 Å². The molecule has 0 saturated heterocycles. The number of nitrogens with one attached hydrogen (secondary N) is 1. The summed E-state index contributed by atoms with van der Waals surface area (Å²) in [7, 11) is 0. The second kappa shape index (κ2) is 3.54. The Bertz CT molecular complexity index is 338. The van der Waals surface area contributed by atoms with Gasteiger partial charge < -0.3 is 9.88 Å². The van der Waals surface area contributed by atoms with Crippen LogP contribution < -0.4 is 5.32 Å². The van der Waals surface area contributed by atoms with E-state index in [1.807, 2.05) is 6.20 Å². The van der Waals surface area contributed by atoms with Crippen LogP contribution in [0.3, 0.4) is 0 Å². The van der Waals surface area contributed by atoms with Crippen LogP contribution in [-0.4, -0.2) is 15.6 Å². The van der Waals surface area contributed by atoms with E-state index in [-0.39, 0.29) is 0 Å². The Morgan fingerprint density at radius 3 is 2.80 bits per heavy atom. The van der Waals surface area contributed by atoms with Gasteiger partial charge in [0, 0.05) is 25.0 Å². The number of imidazole rings is 1. The van der Waals surface area contributed by atoms with Crippen molar-refractivity contribution in [3.8, 4) is 0 Å². The molecule has 15 heavy (non-hydrogen) atoms. The summed E-state index contributed by atoms with van der Waals surface area (Å²) in [6.45, 7) is 10.1. The topological polar surface area (TPSA) is 29.9 Å². The molecule has 84 valence electrons. The fraction of sp³-hybridized carbons (Fsp3) is 0.750. The monoisotopic (exact) mass is 207 g/mol. The van der Waals surface area contributed by atoms with E-state index in [1.165, 1.54) is 6.42 Å². The lowest BCUT2D eigenvalue weighted by Gasteiger charge is -2.12. The first-order valence-corrected chi connectivity index (χ1v) is 5.77. The molecule has 0 spiro atoms. The second-order valence-corrected chi connectivity index (χ2v) is 5.69. The third kappa shape index (κ3) is 2.33. The number of hydrogen-bond acceptors (Lipinski definition) is 2. The van der Waals surface area contributed by atoms with Gasteiger partial charge in [-0.25, -0.2) is 4.98 Å². The van der Waals surface area contributed by atoms with Crippen molar-refractivity contribution in [2.75, 3.05) is 5.32 Å². The summed E-state index contributed by atoms with van der Waals surface area (Å²) in [4.78, 5) is 4.37. The number of hydrogen-bond donors (Lipinski definition) is 1. The molecule has 1 aromatic heterocycles. The van der Waals surface area contributed by atoms with Crippen molar-refractivity contribution in [1.82, 2.24) is 9.55 Å². The molecule has 1 aliphatic carbocycles. The molecule has 1 atom stereocenters. The zero-order valence-electron chi connectivity index (χ0n) is 10.1. The number of aromatic nitrogens is 2. The van der Waals surface area contributed by atoms with Crippen molar-refractivity contribution < 1.29 is 0 Å². The van der Waals surface area contributed by atoms with Crippen LogP contribution in [0.1, 0.15) is 34.1 Å². The maximum absolute atomic E-state index is 4.37. The molecule has 1 unspecified atom stereocenters. The minimum absolute atomic E-state index is 0.453. The molecule has 1 aromatic rings. The number of anilines is 1. The first-order chi connectivity index (χ1) is 6.99. The lowest BCUT2D eigenvalue weighted by molar-refractivity contribution is 0.524. The van der Waals surface area contributed by atoms with Crippen molar-refractivity contribution in [1.29, 1.82) is 0 Å². The van der Waals surface area contributed by atoms with Crippen LogP contribution in [0.2, 0.25) is 0 Å². The Morgan fingerprint density at radius 2 is 2.27 bits per heavy atom. The molecule has 1 fully saturated rings. The van der Waals surface area contributed by atoms with E-state index < -0.39 is 0 Å². The van der Waals surface area contributed by atoms with E-state index in [1.54, 1.807) is 0 Å². The number of nitrogens with zero attached hydrogens (tertiary/aromatic N) is 2. The van der Waals surface area contributed by atoms with Gasteiger partial charge >= 0.3 is 0 Å². The fourth-order valence-corrected chi connectivity index (χ4v) is 1.86. The van der Waals surface area contributed by atoms with E-state index in [0.29, 0.717) is 17.4 Å². The molecule has 1 N–H and O–H groups in total. The average molecular weight is 207 g/mol. The SMILES string of the molecule is CC(C)Cn1ccnc1NC1CC1(C)C. The summed E-state index contributed by atoms with van der Waals surface area (Å²) in [5.74, 6) is 1.69. The van der Waals surface area contributed by atoms with Gasteiger partial charge in [-0.2, -0.15) is 0 Å². The smallest absolute Gasteiger partial charge is 0.203 e. The fourth-order valence-electron chi connectivity index (χ4n) is 1.86. The van der Waals surface area contributed by atoms with Gasteiger partial charge in [0.25, 0.3) is 0 Å². The van der Waals surface area contributed by atoms with E-state index in [0.717, 1.165) is 12.5 Å². The first kappa shape index (κ1) is 10.5. The highest BCUT2D eigenvalue weighted by Crippen LogP contribution is 2.46. The Morgan fingerprint density at radius 1 is 1.60 bits per heavy atom. The van der Waals surface area contributed by atoms with Gasteiger partial charge in [0.2, 0.25) is 5.95 Å². The van der Waals surface area contributed by atoms with Gasteiger partial charge in [-0.05, 0) is 17.8 Å². The van der Waals surface area contributed by atoms with Crippen molar-refractivity contribution >= 4 is 5.95 Å². The van der Waals surface area contributed by atoms with Crippen molar-refractivity contribution in [2.45, 2.75) is 46.7 Å². The first-order valence-electron chi connectivity index (χ1n) is 5.77. The highest BCUT2D eigenvalue weighted by Gasteiger charge is 2.46. The van der Waals surface area contributed by atoms with Crippen LogP contribution in [0, 0.1) is 11.3 Å². The Hall–Kier alpha value is -0.990. The van der Waals surface area contributed by atoms with Crippen molar-refractivity contribution in [2.24, 2.45) is 11.3 Å². The molecule has 0 aromatic carbocycles. The largest absolute Gasteiger partial charge is 0.352 e. The Balaban J connectivity index is 1.99. The van der Waals surface area contributed by atoms with Gasteiger partial charge in [0.15, 0.2) is 0 Å². The van der Waals surface area contributed by atoms with Crippen LogP contribution in [0.25, 0.3) is 0 Å². The summed E-state index contributed by atoms with van der Waals surface area (Å²) in [5, 5.41) is 3.51. The van der Waals surface area contributed by atoms with Gasteiger partial charge in [-0.1, -0.05) is 27.7 Å². The zero-order valence-corrected chi connectivity index (χ0v) is 10.1. The molecule has 0 aliphatic heterocycles. The quantitative estimate of drug-likeness (QED) is 0.822. The van der Waals surface area contributed by atoms with Gasteiger partial charge in [-0.15, -0.1) is 0 Å². The third-order valence-corrected chi connectivity index (χ3v) is 3.09. The molecule has 0 radical (unpaired) electrons. The normalized spacial score (nSPS) is 23.1. The summed E-state index contributed by atoms with van der Waals surface area (Å²) >= 11 is 0. The van der Waals surface area contributed by atoms with E-state index in [2.05, 4.69) is 48.8 Å². The third-order valence-electron chi connectivity index (χ3n) is 3.09. The average Bonchev–Trinajstić information content (AvgIpc) is 2.54. The van der Waals surface area contributed by atoms with Gasteiger partial charge in [0.05, 0.1) is 0 Å². The lowest BCUT2D eigenvalue weighted by atomic mass is 10.2. The maximum atomic E-state index is 4.37. The molecule has 1 aliphatic rings. The van der Waals surface area contributed by atoms with Gasteiger partial charge in [0.1, 0.15) is 0 Å². The van der Waals surface area contributed by atoms with E-state index in [9.17, 15) is 0 Å². The molecule has 1 heterocycles. The Labute approximate surface area is 91.9 Å². The van der Waals surface area contributed by atoms with Crippen LogP contribution in [0.15, 0.2) is 12.4 Å². The van der Waals surface area contributed by atoms with E-state index >= 15 is 0 Å². The van der Waals surface area contributed by atoms with Crippen LogP contribution in [0.5, 0.6) is 0 Å². The van der Waals surface area contributed by atoms with Gasteiger partial charge in [-0.3, -0.25) is 0 Å². The molecule has 3 heteroatoms. The molecular formula is C12H21N3. The summed E-state index contributed by atoms with van der Waals surface area (Å²) < 4.78 is 2.21. The standard InChI is InChI=1S/C12H21N3/c1-9(2)8-15-6-5-13-11(15)14-10-7-12(10,3)4/h5-6,9-10H,7-8H2,1-4H3,(H,13,14). The van der Waals surface area contributed by atoms with Crippen molar-refractivity contribution in [3.05, 3.63) is 12.4 Å². The molecule has 0 bridgehead atoms. The molecule has 3 nitrogen and oxygen atoms in total. The minimum Gasteiger partial charge on any atom is -0.352 e. The lowest BCUT2D eigenvalue weighted by Crippen LogP contribution is -2.14. The molecular weight excluding hydrogens is 186 g/mol. The highest BCUT2D eigenvalue weighted by molar-refractivity contribution is 5.32. The zero-order chi connectivity index (χ0) is 11.1. The minimum atomic E-state index is 0.453. The number of rotatable bonds is 4. The summed E-state index contributed by atoms with van der Waals surface area (Å²) in [6, 6.07) is 0.603. The van der Waals surface area contributed by atoms with Crippen molar-refractivity contribution in [3.63, 3.8) is 0 Å². The van der Waals surface area contributed by atoms with E-state index in [4.69, 9.17) is 0 Å². The maximum Gasteiger partial charge on any atom is 0.203 e.